The molecule has 0 atom stereocenters. The molecule has 3 nitrogen and oxygen atoms in total. The molecule has 0 aliphatic rings. The highest BCUT2D eigenvalue weighted by Gasteiger charge is 2.09. The lowest BCUT2D eigenvalue weighted by Gasteiger charge is -2.08. The van der Waals surface area contributed by atoms with E-state index in [9.17, 15) is 4.39 Å². The average molecular weight is 272 g/mol. The van der Waals surface area contributed by atoms with Crippen LogP contribution in [-0.4, -0.2) is 7.11 Å². The third-order valence-corrected chi connectivity index (χ3v) is 3.00. The fourth-order valence-corrected chi connectivity index (χ4v) is 2.04. The van der Waals surface area contributed by atoms with E-state index >= 15 is 0 Å². The second-order valence-corrected chi connectivity index (χ2v) is 4.30. The molecule has 3 rings (SSSR count). The van der Waals surface area contributed by atoms with Crippen LogP contribution in [0.2, 0.25) is 0 Å². The summed E-state index contributed by atoms with van der Waals surface area (Å²) in [4.78, 5) is 0. The summed E-state index contributed by atoms with van der Waals surface area (Å²) < 4.78 is 29.9. The Morgan fingerprint density at radius 3 is 2.60 bits per heavy atom. The highest BCUT2D eigenvalue weighted by Crippen LogP contribution is 2.28. The maximum Gasteiger partial charge on any atom is 0.161 e. The summed E-state index contributed by atoms with van der Waals surface area (Å²) in [6.45, 7) is 0.217. The van der Waals surface area contributed by atoms with E-state index in [2.05, 4.69) is 0 Å². The van der Waals surface area contributed by atoms with Crippen LogP contribution < -0.4 is 9.47 Å². The van der Waals surface area contributed by atoms with Crippen LogP contribution >= 0.6 is 0 Å². The highest BCUT2D eigenvalue weighted by molar-refractivity contribution is 5.78. The predicted molar refractivity (Wildman–Crippen MR) is 73.5 cm³/mol. The van der Waals surface area contributed by atoms with Crippen LogP contribution in [0, 0.1) is 5.82 Å². The second kappa shape index (κ2) is 5.25. The third-order valence-electron chi connectivity index (χ3n) is 3.00. The molecular formula is C16H13FO3. The fourth-order valence-electron chi connectivity index (χ4n) is 2.04. The molecule has 0 amide bonds. The molecule has 0 saturated carbocycles. The molecule has 1 heterocycles. The first-order chi connectivity index (χ1) is 9.78. The number of hydrogen-bond acceptors (Lipinski definition) is 3. The Morgan fingerprint density at radius 2 is 1.85 bits per heavy atom. The van der Waals surface area contributed by atoms with E-state index < -0.39 is 0 Å². The lowest BCUT2D eigenvalue weighted by Crippen LogP contribution is -1.96. The molecule has 0 aliphatic heterocycles. The minimum absolute atomic E-state index is 0.217. The number of rotatable bonds is 4. The van der Waals surface area contributed by atoms with Crippen molar-refractivity contribution in [1.29, 1.82) is 0 Å². The van der Waals surface area contributed by atoms with Crippen molar-refractivity contribution >= 4 is 11.0 Å². The molecule has 20 heavy (non-hydrogen) atoms. The quantitative estimate of drug-likeness (QED) is 0.714. The average Bonchev–Trinajstić information content (AvgIpc) is 2.90. The van der Waals surface area contributed by atoms with Crippen molar-refractivity contribution in [2.75, 3.05) is 7.11 Å². The van der Waals surface area contributed by atoms with Gasteiger partial charge < -0.3 is 13.9 Å². The molecule has 0 spiro atoms. The molecule has 0 bridgehead atoms. The number of halogens is 1. The van der Waals surface area contributed by atoms with Crippen LogP contribution in [0.25, 0.3) is 11.0 Å². The van der Waals surface area contributed by atoms with Crippen LogP contribution in [-0.2, 0) is 6.61 Å². The molecule has 0 saturated heterocycles. The van der Waals surface area contributed by atoms with Crippen LogP contribution in [0.15, 0.2) is 52.9 Å². The summed E-state index contributed by atoms with van der Waals surface area (Å²) in [5.74, 6) is 1.54. The van der Waals surface area contributed by atoms with E-state index in [1.807, 2.05) is 24.3 Å². The van der Waals surface area contributed by atoms with Crippen molar-refractivity contribution in [3.63, 3.8) is 0 Å². The zero-order valence-corrected chi connectivity index (χ0v) is 10.9. The summed E-state index contributed by atoms with van der Waals surface area (Å²) in [6, 6.07) is 13.7. The van der Waals surface area contributed by atoms with E-state index in [1.165, 1.54) is 6.07 Å². The van der Waals surface area contributed by atoms with Gasteiger partial charge in [0.25, 0.3) is 0 Å². The van der Waals surface area contributed by atoms with Crippen molar-refractivity contribution in [1.82, 2.24) is 0 Å². The normalized spacial score (nSPS) is 10.7. The second-order valence-electron chi connectivity index (χ2n) is 4.30. The predicted octanol–water partition coefficient (Wildman–Crippen LogP) is 4.16. The topological polar surface area (TPSA) is 31.6 Å². The summed E-state index contributed by atoms with van der Waals surface area (Å²) in [5.41, 5.74) is 0.517. The number of benzene rings is 2. The van der Waals surface area contributed by atoms with Crippen molar-refractivity contribution in [3.8, 4) is 11.5 Å². The molecule has 0 fully saturated rings. The molecule has 2 aromatic carbocycles. The van der Waals surface area contributed by atoms with Gasteiger partial charge in [-0.1, -0.05) is 18.2 Å². The zero-order valence-electron chi connectivity index (χ0n) is 10.9. The molecular weight excluding hydrogens is 259 g/mol. The number of fused-ring (bicyclic) bond motifs is 1. The monoisotopic (exact) mass is 272 g/mol. The van der Waals surface area contributed by atoms with Gasteiger partial charge in [0, 0.05) is 0 Å². The Kier molecular flexibility index (Phi) is 3.29. The SMILES string of the molecule is COc1ccccc1OCc1cc2c(F)cccc2o1. The molecule has 4 heteroatoms. The van der Waals surface area contributed by atoms with Gasteiger partial charge in [-0.2, -0.15) is 0 Å². The first-order valence-corrected chi connectivity index (χ1v) is 6.20. The molecule has 1 aromatic heterocycles. The van der Waals surface area contributed by atoms with Gasteiger partial charge in [0.2, 0.25) is 0 Å². The molecule has 0 unspecified atom stereocenters. The number of hydrogen-bond donors (Lipinski definition) is 0. The molecule has 0 aliphatic carbocycles. The highest BCUT2D eigenvalue weighted by atomic mass is 19.1. The zero-order chi connectivity index (χ0) is 13.9. The standard InChI is InChI=1S/C16H13FO3/c1-18-15-6-2-3-7-16(15)19-10-11-9-12-13(17)5-4-8-14(12)20-11/h2-9H,10H2,1H3. The Balaban J connectivity index is 1.82. The van der Waals surface area contributed by atoms with Crippen LogP contribution in [0.3, 0.4) is 0 Å². The van der Waals surface area contributed by atoms with E-state index in [1.54, 1.807) is 25.3 Å². The lowest BCUT2D eigenvalue weighted by atomic mass is 10.2. The number of ether oxygens (including phenoxy) is 2. The van der Waals surface area contributed by atoms with Crippen LogP contribution in [0.1, 0.15) is 5.76 Å². The molecule has 0 N–H and O–H groups in total. The van der Waals surface area contributed by atoms with Crippen molar-refractivity contribution in [2.24, 2.45) is 0 Å². The minimum atomic E-state index is -0.296. The molecule has 3 aromatic rings. The fraction of sp³-hybridized carbons (Fsp3) is 0.125. The van der Waals surface area contributed by atoms with Gasteiger partial charge in [0.1, 0.15) is 23.8 Å². The number of furan rings is 1. The first-order valence-electron chi connectivity index (χ1n) is 6.20. The van der Waals surface area contributed by atoms with Crippen LogP contribution in [0.4, 0.5) is 4.39 Å². The maximum absolute atomic E-state index is 13.6. The van der Waals surface area contributed by atoms with Gasteiger partial charge in [0.05, 0.1) is 12.5 Å². The van der Waals surface area contributed by atoms with Gasteiger partial charge >= 0.3 is 0 Å². The number of para-hydroxylation sites is 2. The maximum atomic E-state index is 13.6. The summed E-state index contributed by atoms with van der Waals surface area (Å²) in [7, 11) is 1.58. The molecule has 102 valence electrons. The Bertz CT molecular complexity index is 733. The largest absolute Gasteiger partial charge is 0.493 e. The van der Waals surface area contributed by atoms with Crippen molar-refractivity contribution in [2.45, 2.75) is 6.61 Å². The van der Waals surface area contributed by atoms with Crippen molar-refractivity contribution < 1.29 is 18.3 Å². The Labute approximate surface area is 115 Å². The van der Waals surface area contributed by atoms with Gasteiger partial charge in [0.15, 0.2) is 11.5 Å². The van der Waals surface area contributed by atoms with E-state index in [0.717, 1.165) is 0 Å². The third kappa shape index (κ3) is 2.32. The first kappa shape index (κ1) is 12.5. The van der Waals surface area contributed by atoms with E-state index in [0.29, 0.717) is 28.2 Å². The number of methoxy groups -OCH3 is 1. The van der Waals surface area contributed by atoms with Gasteiger partial charge in [-0.05, 0) is 30.3 Å². The summed E-state index contributed by atoms with van der Waals surface area (Å²) in [5, 5.41) is 0.464. The lowest BCUT2D eigenvalue weighted by molar-refractivity contribution is 0.259. The van der Waals surface area contributed by atoms with Gasteiger partial charge in [-0.3, -0.25) is 0 Å². The van der Waals surface area contributed by atoms with Crippen molar-refractivity contribution in [3.05, 3.63) is 60.1 Å². The van der Waals surface area contributed by atoms with Gasteiger partial charge in [-0.15, -0.1) is 0 Å². The Hall–Kier alpha value is -2.49. The smallest absolute Gasteiger partial charge is 0.161 e. The molecule has 0 radical (unpaired) electrons. The minimum Gasteiger partial charge on any atom is -0.493 e. The summed E-state index contributed by atoms with van der Waals surface area (Å²) >= 11 is 0. The van der Waals surface area contributed by atoms with Crippen LogP contribution in [0.5, 0.6) is 11.5 Å². The van der Waals surface area contributed by atoms with Gasteiger partial charge in [-0.25, -0.2) is 4.39 Å². The Morgan fingerprint density at radius 1 is 1.05 bits per heavy atom. The summed E-state index contributed by atoms with van der Waals surface area (Å²) in [6.07, 6.45) is 0. The van der Waals surface area contributed by atoms with E-state index in [-0.39, 0.29) is 12.4 Å². The van der Waals surface area contributed by atoms with E-state index in [4.69, 9.17) is 13.9 Å².